The lowest BCUT2D eigenvalue weighted by atomic mass is 10.1. The Morgan fingerprint density at radius 1 is 1.35 bits per heavy atom. The molecule has 0 fully saturated rings. The van der Waals surface area contributed by atoms with Gasteiger partial charge in [0.1, 0.15) is 5.82 Å². The highest BCUT2D eigenvalue weighted by Crippen LogP contribution is 2.25. The van der Waals surface area contributed by atoms with Crippen molar-refractivity contribution in [2.45, 2.75) is 26.8 Å². The Hall–Kier alpha value is -1.42. The van der Waals surface area contributed by atoms with E-state index in [0.717, 1.165) is 16.4 Å². The molecule has 1 atom stereocenters. The second-order valence-electron chi connectivity index (χ2n) is 4.08. The van der Waals surface area contributed by atoms with Gasteiger partial charge in [0, 0.05) is 4.88 Å². The van der Waals surface area contributed by atoms with Crippen molar-refractivity contribution in [2.75, 3.05) is 5.32 Å². The fourth-order valence-electron chi connectivity index (χ4n) is 1.58. The Balaban J connectivity index is 2.14. The number of hydrogen-bond donors (Lipinski definition) is 1. The van der Waals surface area contributed by atoms with Crippen LogP contribution in [0.25, 0.3) is 0 Å². The van der Waals surface area contributed by atoms with Gasteiger partial charge in [-0.15, -0.1) is 11.3 Å². The monoisotopic (exact) mass is 250 g/mol. The first-order valence-electron chi connectivity index (χ1n) is 5.52. The molecule has 90 valence electrons. The quantitative estimate of drug-likeness (QED) is 0.888. The van der Waals surface area contributed by atoms with Gasteiger partial charge >= 0.3 is 0 Å². The Labute approximate surface area is 105 Å². The van der Waals surface area contributed by atoms with Crippen molar-refractivity contribution < 1.29 is 4.39 Å². The maximum Gasteiger partial charge on any atom is 0.183 e. The minimum Gasteiger partial charge on any atom is -0.355 e. The summed E-state index contributed by atoms with van der Waals surface area (Å²) in [6.07, 6.45) is 0. The molecule has 0 aliphatic heterocycles. The molecular formula is C13H15FN2S. The first kappa shape index (κ1) is 12.0. The third kappa shape index (κ3) is 2.82. The first-order chi connectivity index (χ1) is 8.06. The van der Waals surface area contributed by atoms with Crippen molar-refractivity contribution in [3.05, 3.63) is 46.2 Å². The molecule has 0 amide bonds. The second kappa shape index (κ2) is 4.84. The Morgan fingerprint density at radius 2 is 2.12 bits per heavy atom. The van der Waals surface area contributed by atoms with E-state index in [4.69, 9.17) is 0 Å². The minimum atomic E-state index is -0.206. The highest BCUT2D eigenvalue weighted by Gasteiger charge is 2.09. The molecule has 0 radical (unpaired) electrons. The molecule has 0 aliphatic carbocycles. The van der Waals surface area contributed by atoms with E-state index >= 15 is 0 Å². The molecule has 1 aromatic heterocycles. The van der Waals surface area contributed by atoms with Gasteiger partial charge in [-0.05, 0) is 38.5 Å². The van der Waals surface area contributed by atoms with Crippen molar-refractivity contribution in [2.24, 2.45) is 0 Å². The number of nitrogens with one attached hydrogen (secondary N) is 1. The normalized spacial score (nSPS) is 12.5. The molecule has 17 heavy (non-hydrogen) atoms. The van der Waals surface area contributed by atoms with Gasteiger partial charge in [0.2, 0.25) is 0 Å². The fraction of sp³-hybridized carbons (Fsp3) is 0.308. The van der Waals surface area contributed by atoms with Crippen LogP contribution in [-0.4, -0.2) is 4.98 Å². The number of thiazole rings is 1. The molecule has 1 aromatic carbocycles. The lowest BCUT2D eigenvalue weighted by Crippen LogP contribution is -2.06. The Morgan fingerprint density at radius 3 is 2.71 bits per heavy atom. The summed E-state index contributed by atoms with van der Waals surface area (Å²) in [4.78, 5) is 5.62. The summed E-state index contributed by atoms with van der Waals surface area (Å²) in [6.45, 7) is 6.04. The van der Waals surface area contributed by atoms with Crippen LogP contribution in [0.5, 0.6) is 0 Å². The van der Waals surface area contributed by atoms with Crippen molar-refractivity contribution in [1.82, 2.24) is 4.98 Å². The van der Waals surface area contributed by atoms with Crippen LogP contribution >= 0.6 is 11.3 Å². The standard InChI is InChI=1S/C13H15FN2S/c1-8-10(3)17-13(15-8)16-9(2)11-5-4-6-12(14)7-11/h4-7,9H,1-3H3,(H,15,16). The van der Waals surface area contributed by atoms with Gasteiger partial charge in [-0.2, -0.15) is 0 Å². The largest absolute Gasteiger partial charge is 0.355 e. The number of rotatable bonds is 3. The molecule has 1 unspecified atom stereocenters. The summed E-state index contributed by atoms with van der Waals surface area (Å²) in [6, 6.07) is 6.68. The van der Waals surface area contributed by atoms with Crippen LogP contribution in [0.1, 0.15) is 29.1 Å². The van der Waals surface area contributed by atoms with Gasteiger partial charge < -0.3 is 5.32 Å². The average molecular weight is 250 g/mol. The zero-order valence-corrected chi connectivity index (χ0v) is 10.9. The zero-order chi connectivity index (χ0) is 12.4. The number of nitrogens with zero attached hydrogens (tertiary/aromatic N) is 1. The molecule has 4 heteroatoms. The first-order valence-corrected chi connectivity index (χ1v) is 6.34. The van der Waals surface area contributed by atoms with E-state index < -0.39 is 0 Å². The average Bonchev–Trinajstić information content (AvgIpc) is 2.58. The smallest absolute Gasteiger partial charge is 0.183 e. The predicted octanol–water partition coefficient (Wildman–Crippen LogP) is 4.07. The Kier molecular flexibility index (Phi) is 3.43. The van der Waals surface area contributed by atoms with Gasteiger partial charge in [-0.25, -0.2) is 9.37 Å². The summed E-state index contributed by atoms with van der Waals surface area (Å²) < 4.78 is 13.1. The van der Waals surface area contributed by atoms with Crippen molar-refractivity contribution >= 4 is 16.5 Å². The molecule has 0 aliphatic rings. The maximum absolute atomic E-state index is 13.1. The number of hydrogen-bond acceptors (Lipinski definition) is 3. The molecule has 0 saturated heterocycles. The molecular weight excluding hydrogens is 235 g/mol. The van der Waals surface area contributed by atoms with Crippen molar-refractivity contribution in [1.29, 1.82) is 0 Å². The molecule has 0 spiro atoms. The summed E-state index contributed by atoms with van der Waals surface area (Å²) in [7, 11) is 0. The van der Waals surface area contributed by atoms with Crippen molar-refractivity contribution in [3.8, 4) is 0 Å². The van der Waals surface area contributed by atoms with Crippen LogP contribution in [0.4, 0.5) is 9.52 Å². The van der Waals surface area contributed by atoms with E-state index in [9.17, 15) is 4.39 Å². The fourth-order valence-corrected chi connectivity index (χ4v) is 2.48. The van der Waals surface area contributed by atoms with Gasteiger partial charge in [0.15, 0.2) is 5.13 Å². The highest BCUT2D eigenvalue weighted by molar-refractivity contribution is 7.15. The lowest BCUT2D eigenvalue weighted by Gasteiger charge is -2.13. The molecule has 0 bridgehead atoms. The van der Waals surface area contributed by atoms with Crippen LogP contribution in [0.15, 0.2) is 24.3 Å². The molecule has 2 rings (SSSR count). The number of halogens is 1. The number of aromatic nitrogens is 1. The molecule has 1 heterocycles. The topological polar surface area (TPSA) is 24.9 Å². The zero-order valence-electron chi connectivity index (χ0n) is 10.1. The predicted molar refractivity (Wildman–Crippen MR) is 70.0 cm³/mol. The van der Waals surface area contributed by atoms with Crippen LogP contribution in [-0.2, 0) is 0 Å². The van der Waals surface area contributed by atoms with E-state index in [1.54, 1.807) is 23.5 Å². The van der Waals surface area contributed by atoms with E-state index in [1.165, 1.54) is 10.9 Å². The third-order valence-electron chi connectivity index (χ3n) is 2.72. The van der Waals surface area contributed by atoms with Crippen LogP contribution in [0, 0.1) is 19.7 Å². The third-order valence-corrected chi connectivity index (χ3v) is 3.72. The number of aryl methyl sites for hydroxylation is 2. The molecule has 1 N–H and O–H groups in total. The van der Waals surface area contributed by atoms with E-state index in [0.29, 0.717) is 0 Å². The van der Waals surface area contributed by atoms with Crippen LogP contribution in [0.2, 0.25) is 0 Å². The highest BCUT2D eigenvalue weighted by atomic mass is 32.1. The summed E-state index contributed by atoms with van der Waals surface area (Å²) in [5, 5.41) is 4.17. The number of benzene rings is 1. The van der Waals surface area contributed by atoms with Gasteiger partial charge in [0.05, 0.1) is 11.7 Å². The van der Waals surface area contributed by atoms with E-state index in [1.807, 2.05) is 26.8 Å². The lowest BCUT2D eigenvalue weighted by molar-refractivity contribution is 0.623. The van der Waals surface area contributed by atoms with Crippen molar-refractivity contribution in [3.63, 3.8) is 0 Å². The van der Waals surface area contributed by atoms with Gasteiger partial charge in [-0.3, -0.25) is 0 Å². The minimum absolute atomic E-state index is 0.0515. The summed E-state index contributed by atoms with van der Waals surface area (Å²) in [5.74, 6) is -0.206. The summed E-state index contributed by atoms with van der Waals surface area (Å²) >= 11 is 1.63. The van der Waals surface area contributed by atoms with E-state index in [-0.39, 0.29) is 11.9 Å². The molecule has 2 nitrogen and oxygen atoms in total. The van der Waals surface area contributed by atoms with E-state index in [2.05, 4.69) is 10.3 Å². The van der Waals surface area contributed by atoms with Gasteiger partial charge in [0.25, 0.3) is 0 Å². The van der Waals surface area contributed by atoms with Crippen LogP contribution < -0.4 is 5.32 Å². The second-order valence-corrected chi connectivity index (χ2v) is 5.28. The van der Waals surface area contributed by atoms with Crippen LogP contribution in [0.3, 0.4) is 0 Å². The van der Waals surface area contributed by atoms with Gasteiger partial charge in [-0.1, -0.05) is 12.1 Å². The molecule has 2 aromatic rings. The molecule has 0 saturated carbocycles. The SMILES string of the molecule is Cc1nc(NC(C)c2cccc(F)c2)sc1C. The summed E-state index contributed by atoms with van der Waals surface area (Å²) in [5.41, 5.74) is 1.97. The number of anilines is 1. The maximum atomic E-state index is 13.1. The Bertz CT molecular complexity index is 502.